The van der Waals surface area contributed by atoms with Crippen LogP contribution >= 0.6 is 23.4 Å². The summed E-state index contributed by atoms with van der Waals surface area (Å²) in [6.45, 7) is 4.74. The average Bonchev–Trinajstić information content (AvgIpc) is 3.58. The number of benzene rings is 3. The molecule has 0 unspecified atom stereocenters. The summed E-state index contributed by atoms with van der Waals surface area (Å²) >= 11 is 7.55. The number of aromatic carboxylic acids is 1. The van der Waals surface area contributed by atoms with Crippen LogP contribution in [0, 0.1) is 23.7 Å². The fourth-order valence-electron chi connectivity index (χ4n) is 11.4. The number of methoxy groups -OCH3 is 1. The van der Waals surface area contributed by atoms with Gasteiger partial charge < -0.3 is 35.2 Å². The number of thioether (sulfide) groups is 1. The fraction of sp³-hybridized carbons (Fsp3) is 0.609. The smallest absolute Gasteiger partial charge is 0.335 e. The zero-order chi connectivity index (χ0) is 41.5. The van der Waals surface area contributed by atoms with Crippen molar-refractivity contribution in [2.75, 3.05) is 27.0 Å². The van der Waals surface area contributed by atoms with Crippen molar-refractivity contribution in [3.05, 3.63) is 65.7 Å². The number of aliphatic hydroxyl groups is 3. The van der Waals surface area contributed by atoms with E-state index in [1.807, 2.05) is 24.1 Å². The van der Waals surface area contributed by atoms with Gasteiger partial charge in [-0.15, -0.1) is 23.4 Å². The molecule has 0 spiro atoms. The minimum atomic E-state index is -1.36. The number of aliphatic hydroxyl groups excluding tert-OH is 3. The van der Waals surface area contributed by atoms with Crippen LogP contribution in [-0.2, 0) is 14.9 Å². The highest BCUT2D eigenvalue weighted by atomic mass is 35.5. The standard InChI is InChI=1S/C28H28O3.C18H33ClN2O5S/c1-31-26-7-6-23(21-2-3-22-12-24(27(29)30)5-4-20(22)11-21)13-25(26)28-14-17-8-18(15-28)10-19(9-17)16-28;1-5-6-10-7-11(21(3)8-10)17(25)20-12(9(2)19)16-14(23)13(22)15(24)18(26-16)27-4/h2-7,11-13,17-19H,8-10,14-16H2,1H3,(H,29,30);9-16,18,22-24H,5-8H2,1-4H3,(H,20,25)/t;9-,10+,11-,12+,13-,14+,15+,16+,18+/m.0/s1. The second-order valence-electron chi connectivity index (χ2n) is 17.9. The number of likely N-dealkylation sites (N-methyl/N-ethyl adjacent to an activating group) is 1. The largest absolute Gasteiger partial charge is 0.496 e. The highest BCUT2D eigenvalue weighted by Gasteiger charge is 2.53. The van der Waals surface area contributed by atoms with Crippen molar-refractivity contribution in [2.24, 2.45) is 23.7 Å². The maximum atomic E-state index is 12.9. The fourth-order valence-corrected chi connectivity index (χ4v) is 12.3. The Kier molecular flexibility index (Phi) is 13.4. The summed E-state index contributed by atoms with van der Waals surface area (Å²) in [6, 6.07) is 17.4. The Balaban J connectivity index is 0.000000179. The van der Waals surface area contributed by atoms with Crippen molar-refractivity contribution in [3.63, 3.8) is 0 Å². The van der Waals surface area contributed by atoms with Crippen molar-refractivity contribution in [1.29, 1.82) is 0 Å². The van der Waals surface area contributed by atoms with Gasteiger partial charge in [-0.2, -0.15) is 0 Å². The summed E-state index contributed by atoms with van der Waals surface area (Å²) in [4.78, 5) is 26.2. The number of fused-ring (bicyclic) bond motifs is 1. The van der Waals surface area contributed by atoms with Gasteiger partial charge in [-0.1, -0.05) is 37.6 Å². The van der Waals surface area contributed by atoms with Gasteiger partial charge in [0.15, 0.2) is 0 Å². The summed E-state index contributed by atoms with van der Waals surface area (Å²) < 4.78 is 11.7. The summed E-state index contributed by atoms with van der Waals surface area (Å²) in [5, 5.41) is 44.3. The number of hydrogen-bond acceptors (Lipinski definition) is 9. The molecule has 0 aromatic heterocycles. The Labute approximate surface area is 352 Å². The first-order valence-corrected chi connectivity index (χ1v) is 22.8. The van der Waals surface area contributed by atoms with Crippen molar-refractivity contribution < 1.29 is 39.5 Å². The van der Waals surface area contributed by atoms with E-state index in [-0.39, 0.29) is 17.4 Å². The predicted octanol–water partition coefficient (Wildman–Crippen LogP) is 7.07. The molecule has 3 aromatic rings. The van der Waals surface area contributed by atoms with Gasteiger partial charge in [-0.05, 0) is 153 Å². The maximum absolute atomic E-state index is 12.9. The molecule has 4 saturated carbocycles. The second kappa shape index (κ2) is 18.0. The van der Waals surface area contributed by atoms with Gasteiger partial charge in [0.2, 0.25) is 5.91 Å². The van der Waals surface area contributed by atoms with Crippen LogP contribution in [0.2, 0.25) is 0 Å². The first kappa shape index (κ1) is 43.2. The van der Waals surface area contributed by atoms with Crippen molar-refractivity contribution in [2.45, 2.75) is 124 Å². The molecule has 1 amide bonds. The summed E-state index contributed by atoms with van der Waals surface area (Å²) in [6.07, 6.45) is 8.15. The molecule has 6 aliphatic rings. The predicted molar refractivity (Wildman–Crippen MR) is 230 cm³/mol. The van der Waals surface area contributed by atoms with Crippen LogP contribution in [-0.4, -0.2) is 111 Å². The number of hydrogen-bond donors (Lipinski definition) is 5. The number of nitrogens with one attached hydrogen (secondary N) is 1. The van der Waals surface area contributed by atoms with Gasteiger partial charge in [0.1, 0.15) is 35.6 Å². The molecule has 316 valence electrons. The maximum Gasteiger partial charge on any atom is 0.335 e. The Morgan fingerprint density at radius 3 is 2.16 bits per heavy atom. The molecule has 9 atom stereocenters. The normalized spacial score (nSPS) is 33.9. The van der Waals surface area contributed by atoms with E-state index in [1.165, 1.54) is 67.0 Å². The molecule has 5 N–H and O–H groups in total. The van der Waals surface area contributed by atoms with E-state index in [0.29, 0.717) is 11.5 Å². The molecule has 2 aliphatic heterocycles. The highest BCUT2D eigenvalue weighted by molar-refractivity contribution is 7.99. The lowest BCUT2D eigenvalue weighted by molar-refractivity contribution is -0.205. The van der Waals surface area contributed by atoms with Crippen molar-refractivity contribution in [3.8, 4) is 16.9 Å². The molecule has 10 nitrogen and oxygen atoms in total. The number of nitrogens with zero attached hydrogens (tertiary/aromatic N) is 1. The Hall–Kier alpha value is -2.90. The molecule has 4 bridgehead atoms. The van der Waals surface area contributed by atoms with E-state index in [1.54, 1.807) is 32.4 Å². The summed E-state index contributed by atoms with van der Waals surface area (Å²) in [7, 11) is 3.74. The number of likely N-dealkylation sites (tertiary alicyclic amines) is 1. The van der Waals surface area contributed by atoms with Gasteiger partial charge >= 0.3 is 5.97 Å². The van der Waals surface area contributed by atoms with Crippen LogP contribution in [0.5, 0.6) is 5.75 Å². The van der Waals surface area contributed by atoms with E-state index in [9.17, 15) is 30.0 Å². The molecule has 3 aromatic carbocycles. The topological polar surface area (TPSA) is 149 Å². The van der Waals surface area contributed by atoms with E-state index in [4.69, 9.17) is 21.1 Å². The SMILES string of the molecule is CCC[C@@H]1C[C@@H](C(=O)N[C@@H]([C@H]2O[C@H](SC)[C@H](O)[C@@H](O)[C@H]2O)[C@H](C)Cl)N(C)C1.COc1ccc(-c2ccc3cc(C(=O)O)ccc3c2)cc1C12CC3CC(CC(C3)C1)C2. The molecule has 6 fully saturated rings. The molecule has 9 rings (SSSR count). The van der Waals surface area contributed by atoms with Gasteiger partial charge in [-0.3, -0.25) is 9.69 Å². The third-order valence-corrected chi connectivity index (χ3v) is 15.0. The second-order valence-corrected chi connectivity index (χ2v) is 19.6. The number of carboxylic acid groups (broad SMARTS) is 1. The number of carbonyl (C=O) groups excluding carboxylic acids is 1. The lowest BCUT2D eigenvalue weighted by Gasteiger charge is -2.57. The number of carbonyl (C=O) groups is 2. The third kappa shape index (κ3) is 8.78. The van der Waals surface area contributed by atoms with Crippen LogP contribution < -0.4 is 10.1 Å². The van der Waals surface area contributed by atoms with E-state index in [2.05, 4.69) is 42.6 Å². The van der Waals surface area contributed by atoms with Crippen LogP contribution in [0.4, 0.5) is 0 Å². The molecule has 58 heavy (non-hydrogen) atoms. The zero-order valence-electron chi connectivity index (χ0n) is 34.4. The van der Waals surface area contributed by atoms with Gasteiger partial charge in [0.25, 0.3) is 0 Å². The summed E-state index contributed by atoms with van der Waals surface area (Å²) in [5.74, 6) is 3.18. The zero-order valence-corrected chi connectivity index (χ0v) is 35.9. The first-order chi connectivity index (χ1) is 27.7. The third-order valence-electron chi connectivity index (χ3n) is 13.9. The van der Waals surface area contributed by atoms with Crippen LogP contribution in [0.25, 0.3) is 21.9 Å². The van der Waals surface area contributed by atoms with Crippen LogP contribution in [0.3, 0.4) is 0 Å². The Bertz CT molecular complexity index is 1910. The van der Waals surface area contributed by atoms with Gasteiger partial charge in [-0.25, -0.2) is 4.79 Å². The highest BCUT2D eigenvalue weighted by Crippen LogP contribution is 2.62. The Morgan fingerprint density at radius 2 is 1.55 bits per heavy atom. The van der Waals surface area contributed by atoms with Crippen molar-refractivity contribution in [1.82, 2.24) is 10.2 Å². The first-order valence-electron chi connectivity index (χ1n) is 21.1. The quantitative estimate of drug-likeness (QED) is 0.127. The molecule has 12 heteroatoms. The Morgan fingerprint density at radius 1 is 0.931 bits per heavy atom. The number of amides is 1. The molecular formula is C46H61ClN2O8S. The average molecular weight is 838 g/mol. The lowest BCUT2D eigenvalue weighted by atomic mass is 9.48. The number of carboxylic acids is 1. The van der Waals surface area contributed by atoms with Crippen LogP contribution in [0.15, 0.2) is 54.6 Å². The number of rotatable bonds is 11. The monoisotopic (exact) mass is 836 g/mol. The number of ether oxygens (including phenoxy) is 2. The molecule has 2 heterocycles. The molecule has 4 aliphatic carbocycles. The van der Waals surface area contributed by atoms with Gasteiger partial charge in [0, 0.05) is 12.1 Å². The van der Waals surface area contributed by atoms with Crippen LogP contribution in [0.1, 0.15) is 87.6 Å². The minimum Gasteiger partial charge on any atom is -0.496 e. The van der Waals surface area contributed by atoms with Gasteiger partial charge in [0.05, 0.1) is 30.1 Å². The molecule has 2 saturated heterocycles. The summed E-state index contributed by atoms with van der Waals surface area (Å²) in [5.41, 5.74) is 3.71. The van der Waals surface area contributed by atoms with E-state index in [0.717, 1.165) is 60.1 Å². The lowest BCUT2D eigenvalue weighted by Crippen LogP contribution is -2.65. The van der Waals surface area contributed by atoms with Crippen molar-refractivity contribution >= 4 is 46.0 Å². The minimum absolute atomic E-state index is 0.147. The van der Waals surface area contributed by atoms with E-state index < -0.39 is 47.2 Å². The van der Waals surface area contributed by atoms with E-state index >= 15 is 0 Å². The molecule has 0 radical (unpaired) electrons. The number of halogens is 1. The molecular weight excluding hydrogens is 776 g/mol. The number of alkyl halides is 1.